The minimum atomic E-state index is -1.32. The van der Waals surface area contributed by atoms with Crippen molar-refractivity contribution >= 4 is 16.9 Å². The summed E-state index contributed by atoms with van der Waals surface area (Å²) in [7, 11) is 0. The predicted molar refractivity (Wildman–Crippen MR) is 43.1 cm³/mol. The Hall–Kier alpha value is -1.91. The number of hydrogen-bond donors (Lipinski definition) is 1. The Morgan fingerprint density at radius 1 is 1.36 bits per heavy atom. The maximum atomic E-state index is 13.0. The first kappa shape index (κ1) is 8.68. The number of hydrogen-bond acceptors (Lipinski definition) is 2. The van der Waals surface area contributed by atoms with Gasteiger partial charge in [-0.25, -0.2) is 9.18 Å². The molecule has 0 fully saturated rings. The lowest BCUT2D eigenvalue weighted by Gasteiger charge is -1.91. The molecule has 1 N–H and O–H groups in total. The van der Waals surface area contributed by atoms with Gasteiger partial charge in [-0.15, -0.1) is 0 Å². The molecule has 0 unspecified atom stereocenters. The Balaban J connectivity index is 2.77. The van der Waals surface area contributed by atoms with E-state index in [0.717, 1.165) is 12.1 Å². The molecule has 0 saturated heterocycles. The third kappa shape index (κ3) is 1.14. The lowest BCUT2D eigenvalue weighted by Crippen LogP contribution is -1.91. The molecular formula is C9H4F2O3. The second-order valence-corrected chi connectivity index (χ2v) is 2.70. The topological polar surface area (TPSA) is 50.4 Å². The van der Waals surface area contributed by atoms with E-state index in [1.807, 2.05) is 0 Å². The summed E-state index contributed by atoms with van der Waals surface area (Å²) in [4.78, 5) is 10.5. The van der Waals surface area contributed by atoms with Crippen molar-refractivity contribution in [3.63, 3.8) is 0 Å². The van der Waals surface area contributed by atoms with Crippen LogP contribution in [0.25, 0.3) is 11.0 Å². The Morgan fingerprint density at radius 3 is 2.71 bits per heavy atom. The van der Waals surface area contributed by atoms with Gasteiger partial charge in [0.1, 0.15) is 0 Å². The number of fused-ring (bicyclic) bond motifs is 1. The third-order valence-electron chi connectivity index (χ3n) is 1.79. The molecule has 0 radical (unpaired) electrons. The van der Waals surface area contributed by atoms with Crippen molar-refractivity contribution in [2.24, 2.45) is 0 Å². The number of benzene rings is 1. The average Bonchev–Trinajstić information content (AvgIpc) is 2.56. The van der Waals surface area contributed by atoms with Gasteiger partial charge < -0.3 is 9.52 Å². The number of aromatic carboxylic acids is 1. The Bertz CT molecular complexity index is 516. The molecule has 0 saturated carbocycles. The molecule has 1 heterocycles. The van der Waals surface area contributed by atoms with E-state index in [9.17, 15) is 13.6 Å². The normalized spacial score (nSPS) is 10.7. The van der Waals surface area contributed by atoms with Gasteiger partial charge in [0.05, 0.1) is 0 Å². The van der Waals surface area contributed by atoms with E-state index in [1.54, 1.807) is 0 Å². The van der Waals surface area contributed by atoms with Gasteiger partial charge in [0.25, 0.3) is 0 Å². The summed E-state index contributed by atoms with van der Waals surface area (Å²) < 4.78 is 30.3. The minimum absolute atomic E-state index is 0.223. The summed E-state index contributed by atoms with van der Waals surface area (Å²) in [6, 6.07) is 3.31. The van der Waals surface area contributed by atoms with Crippen LogP contribution in [0, 0.1) is 11.6 Å². The molecule has 14 heavy (non-hydrogen) atoms. The molecule has 0 amide bonds. The second kappa shape index (κ2) is 2.80. The largest absolute Gasteiger partial charge is 0.475 e. The SMILES string of the molecule is O=C(O)c1cc2ccc(F)c(F)c2o1. The van der Waals surface area contributed by atoms with Crippen LogP contribution in [-0.4, -0.2) is 11.1 Å². The van der Waals surface area contributed by atoms with E-state index in [4.69, 9.17) is 5.11 Å². The Kier molecular flexibility index (Phi) is 1.73. The highest BCUT2D eigenvalue weighted by atomic mass is 19.2. The average molecular weight is 198 g/mol. The molecule has 0 aliphatic rings. The van der Waals surface area contributed by atoms with Gasteiger partial charge in [0, 0.05) is 5.39 Å². The number of carboxylic acids is 1. The van der Waals surface area contributed by atoms with Crippen LogP contribution in [0.5, 0.6) is 0 Å². The highest BCUT2D eigenvalue weighted by molar-refractivity contribution is 5.91. The van der Waals surface area contributed by atoms with Gasteiger partial charge in [-0.05, 0) is 18.2 Å². The molecule has 3 nitrogen and oxygen atoms in total. The number of furan rings is 1. The van der Waals surface area contributed by atoms with Gasteiger partial charge in [-0.2, -0.15) is 4.39 Å². The molecule has 0 spiro atoms. The highest BCUT2D eigenvalue weighted by Gasteiger charge is 2.15. The van der Waals surface area contributed by atoms with E-state index in [2.05, 4.69) is 4.42 Å². The number of carboxylic acid groups (broad SMARTS) is 1. The number of carbonyl (C=O) groups is 1. The zero-order valence-electron chi connectivity index (χ0n) is 6.75. The van der Waals surface area contributed by atoms with Crippen LogP contribution in [0.4, 0.5) is 8.78 Å². The molecule has 0 atom stereocenters. The molecule has 2 rings (SSSR count). The summed E-state index contributed by atoms with van der Waals surface area (Å²) in [6.07, 6.45) is 0. The molecule has 0 aliphatic heterocycles. The van der Waals surface area contributed by atoms with E-state index in [0.29, 0.717) is 0 Å². The van der Waals surface area contributed by atoms with Crippen molar-refractivity contribution in [3.05, 3.63) is 35.6 Å². The summed E-state index contributed by atoms with van der Waals surface area (Å²) in [5.41, 5.74) is -0.373. The minimum Gasteiger partial charge on any atom is -0.475 e. The fourth-order valence-corrected chi connectivity index (χ4v) is 1.15. The first-order valence-electron chi connectivity index (χ1n) is 3.70. The lowest BCUT2D eigenvalue weighted by atomic mass is 10.2. The lowest BCUT2D eigenvalue weighted by molar-refractivity contribution is 0.0664. The smallest absolute Gasteiger partial charge is 0.371 e. The quantitative estimate of drug-likeness (QED) is 0.765. The zero-order chi connectivity index (χ0) is 10.3. The van der Waals surface area contributed by atoms with Gasteiger partial charge in [-0.3, -0.25) is 0 Å². The summed E-state index contributed by atoms with van der Waals surface area (Å²) in [6.45, 7) is 0. The first-order chi connectivity index (χ1) is 6.59. The van der Waals surface area contributed by atoms with Crippen LogP contribution < -0.4 is 0 Å². The van der Waals surface area contributed by atoms with Crippen molar-refractivity contribution in [3.8, 4) is 0 Å². The maximum absolute atomic E-state index is 13.0. The molecular weight excluding hydrogens is 194 g/mol. The molecule has 0 aliphatic carbocycles. The van der Waals surface area contributed by atoms with E-state index in [-0.39, 0.29) is 11.0 Å². The third-order valence-corrected chi connectivity index (χ3v) is 1.79. The molecule has 2 aromatic rings. The Labute approximate surface area is 76.6 Å². The molecule has 72 valence electrons. The van der Waals surface area contributed by atoms with E-state index in [1.165, 1.54) is 6.07 Å². The first-order valence-corrected chi connectivity index (χ1v) is 3.70. The van der Waals surface area contributed by atoms with Crippen LogP contribution in [0.2, 0.25) is 0 Å². The van der Waals surface area contributed by atoms with E-state index < -0.39 is 23.4 Å². The van der Waals surface area contributed by atoms with Crippen molar-refractivity contribution in [1.29, 1.82) is 0 Å². The van der Waals surface area contributed by atoms with Crippen molar-refractivity contribution in [2.75, 3.05) is 0 Å². The molecule has 5 heteroatoms. The van der Waals surface area contributed by atoms with Gasteiger partial charge in [-0.1, -0.05) is 0 Å². The Morgan fingerprint density at radius 2 is 2.07 bits per heavy atom. The zero-order valence-corrected chi connectivity index (χ0v) is 6.75. The van der Waals surface area contributed by atoms with Crippen LogP contribution in [-0.2, 0) is 0 Å². The fourth-order valence-electron chi connectivity index (χ4n) is 1.15. The standard InChI is InChI=1S/C9H4F2O3/c10-5-2-1-4-3-6(9(12)13)14-8(4)7(5)11/h1-3H,(H,12,13). The van der Waals surface area contributed by atoms with Crippen molar-refractivity contribution in [2.45, 2.75) is 0 Å². The van der Waals surface area contributed by atoms with E-state index >= 15 is 0 Å². The number of halogens is 2. The van der Waals surface area contributed by atoms with Gasteiger partial charge in [0.2, 0.25) is 11.6 Å². The highest BCUT2D eigenvalue weighted by Crippen LogP contribution is 2.23. The molecule has 1 aromatic carbocycles. The van der Waals surface area contributed by atoms with Crippen molar-refractivity contribution in [1.82, 2.24) is 0 Å². The van der Waals surface area contributed by atoms with Gasteiger partial charge in [0.15, 0.2) is 11.4 Å². The summed E-state index contributed by atoms with van der Waals surface area (Å²) >= 11 is 0. The van der Waals surface area contributed by atoms with Gasteiger partial charge >= 0.3 is 5.97 Å². The number of rotatable bonds is 1. The van der Waals surface area contributed by atoms with Crippen LogP contribution in [0.1, 0.15) is 10.6 Å². The van der Waals surface area contributed by atoms with Crippen LogP contribution in [0.15, 0.2) is 22.6 Å². The molecule has 1 aromatic heterocycles. The second-order valence-electron chi connectivity index (χ2n) is 2.70. The summed E-state index contributed by atoms with van der Waals surface area (Å²) in [5.74, 6) is -3.97. The van der Waals surface area contributed by atoms with Crippen molar-refractivity contribution < 1.29 is 23.1 Å². The molecule has 0 bridgehead atoms. The van der Waals surface area contributed by atoms with Crippen LogP contribution >= 0.6 is 0 Å². The van der Waals surface area contributed by atoms with Crippen LogP contribution in [0.3, 0.4) is 0 Å². The monoisotopic (exact) mass is 198 g/mol. The maximum Gasteiger partial charge on any atom is 0.371 e. The predicted octanol–water partition coefficient (Wildman–Crippen LogP) is 2.41. The summed E-state index contributed by atoms with van der Waals surface area (Å²) in [5, 5.41) is 8.76. The fraction of sp³-hybridized carbons (Fsp3) is 0.